The average molecular weight is 271 g/mol. The van der Waals surface area contributed by atoms with Crippen molar-refractivity contribution in [1.29, 1.82) is 0 Å². The van der Waals surface area contributed by atoms with Crippen molar-refractivity contribution in [3.8, 4) is 0 Å². The van der Waals surface area contributed by atoms with Gasteiger partial charge in [0.1, 0.15) is 5.60 Å². The van der Waals surface area contributed by atoms with E-state index in [-0.39, 0.29) is 12.1 Å². The summed E-state index contributed by atoms with van der Waals surface area (Å²) in [5, 5.41) is 6.09. The summed E-state index contributed by atoms with van der Waals surface area (Å²) in [4.78, 5) is 11.4. The van der Waals surface area contributed by atoms with Crippen LogP contribution in [-0.2, 0) is 4.74 Å². The molecule has 0 aromatic rings. The molecule has 0 rings (SSSR count). The maximum absolute atomic E-state index is 11.4. The Labute approximate surface area is 117 Å². The van der Waals surface area contributed by atoms with Crippen LogP contribution in [0.5, 0.6) is 0 Å². The normalized spacial score (nSPS) is 13.5. The molecule has 5 heteroatoms. The summed E-state index contributed by atoms with van der Waals surface area (Å²) in [7, 11) is 0. The molecule has 1 unspecified atom stereocenters. The van der Waals surface area contributed by atoms with Crippen molar-refractivity contribution in [1.82, 2.24) is 10.6 Å². The van der Waals surface area contributed by atoms with Crippen LogP contribution in [0.1, 0.15) is 40.5 Å². The van der Waals surface area contributed by atoms with Crippen LogP contribution in [0.2, 0.25) is 0 Å². The number of allylic oxidation sites excluding steroid dienone is 1. The molecule has 1 amide bonds. The first-order valence-corrected chi connectivity index (χ1v) is 6.90. The Morgan fingerprint density at radius 3 is 2.58 bits per heavy atom. The van der Waals surface area contributed by atoms with Gasteiger partial charge in [-0.1, -0.05) is 12.2 Å². The Hall–Kier alpha value is -1.07. The van der Waals surface area contributed by atoms with Gasteiger partial charge < -0.3 is 21.1 Å². The van der Waals surface area contributed by atoms with Gasteiger partial charge in [-0.05, 0) is 47.1 Å². The quantitative estimate of drug-likeness (QED) is 0.464. The lowest BCUT2D eigenvalue weighted by Gasteiger charge is -2.21. The second kappa shape index (κ2) is 9.81. The third-order valence-corrected chi connectivity index (χ3v) is 2.43. The van der Waals surface area contributed by atoms with Gasteiger partial charge in [0, 0.05) is 19.1 Å². The smallest absolute Gasteiger partial charge is 0.407 e. The minimum atomic E-state index is -0.456. The number of carbonyl (C=O) groups is 1. The van der Waals surface area contributed by atoms with Crippen molar-refractivity contribution >= 4 is 6.09 Å². The number of hydrogen-bond acceptors (Lipinski definition) is 4. The second-order valence-corrected chi connectivity index (χ2v) is 5.46. The van der Waals surface area contributed by atoms with Crippen LogP contribution in [0.4, 0.5) is 4.79 Å². The molecule has 1 atom stereocenters. The molecule has 0 fully saturated rings. The number of carbonyl (C=O) groups excluding carboxylic acids is 1. The maximum Gasteiger partial charge on any atom is 0.407 e. The SMILES string of the molecule is C/C=C/CCNC(CN)CCNC(=O)OC(C)(C)C. The standard InChI is InChI=1S/C14H29N3O2/c1-5-6-7-9-16-12(11-15)8-10-17-13(18)19-14(2,3)4/h5-6,12,16H,7-11,15H2,1-4H3,(H,17,18)/b6-5+. The third kappa shape index (κ3) is 11.7. The highest BCUT2D eigenvalue weighted by atomic mass is 16.6. The van der Waals surface area contributed by atoms with Gasteiger partial charge in [0.05, 0.1) is 0 Å². The topological polar surface area (TPSA) is 76.4 Å². The van der Waals surface area contributed by atoms with Gasteiger partial charge in [-0.25, -0.2) is 4.79 Å². The molecule has 19 heavy (non-hydrogen) atoms. The number of nitrogens with one attached hydrogen (secondary N) is 2. The van der Waals surface area contributed by atoms with E-state index in [9.17, 15) is 4.79 Å². The van der Waals surface area contributed by atoms with Crippen molar-refractivity contribution in [3.05, 3.63) is 12.2 Å². The van der Waals surface area contributed by atoms with E-state index in [1.54, 1.807) is 0 Å². The van der Waals surface area contributed by atoms with Gasteiger partial charge in [-0.2, -0.15) is 0 Å². The Balaban J connectivity index is 3.74. The maximum atomic E-state index is 11.4. The second-order valence-electron chi connectivity index (χ2n) is 5.46. The fourth-order valence-corrected chi connectivity index (χ4v) is 1.50. The molecule has 0 aliphatic carbocycles. The van der Waals surface area contributed by atoms with Gasteiger partial charge in [0.15, 0.2) is 0 Å². The van der Waals surface area contributed by atoms with Crippen LogP contribution in [-0.4, -0.2) is 37.4 Å². The van der Waals surface area contributed by atoms with E-state index in [0.717, 1.165) is 19.4 Å². The van der Waals surface area contributed by atoms with E-state index in [1.807, 2.05) is 33.8 Å². The molecule has 0 saturated carbocycles. The first kappa shape index (κ1) is 17.9. The summed E-state index contributed by atoms with van der Waals surface area (Å²) < 4.78 is 5.16. The average Bonchev–Trinajstić information content (AvgIpc) is 2.30. The molecule has 0 aromatic carbocycles. The summed E-state index contributed by atoms with van der Waals surface area (Å²) in [6.45, 7) is 9.57. The zero-order chi connectivity index (χ0) is 14.7. The van der Waals surface area contributed by atoms with Gasteiger partial charge >= 0.3 is 6.09 Å². The lowest BCUT2D eigenvalue weighted by molar-refractivity contribution is 0.0526. The van der Waals surface area contributed by atoms with Crippen molar-refractivity contribution in [2.24, 2.45) is 5.73 Å². The van der Waals surface area contributed by atoms with Crippen LogP contribution >= 0.6 is 0 Å². The lowest BCUT2D eigenvalue weighted by Crippen LogP contribution is -2.40. The zero-order valence-corrected chi connectivity index (χ0v) is 12.7. The highest BCUT2D eigenvalue weighted by Gasteiger charge is 2.15. The van der Waals surface area contributed by atoms with Crippen molar-refractivity contribution in [3.63, 3.8) is 0 Å². The highest BCUT2D eigenvalue weighted by Crippen LogP contribution is 2.06. The number of ether oxygens (including phenoxy) is 1. The van der Waals surface area contributed by atoms with Crippen LogP contribution in [0.25, 0.3) is 0 Å². The molecule has 0 radical (unpaired) electrons. The summed E-state index contributed by atoms with van der Waals surface area (Å²) in [6, 6.07) is 0.222. The molecule has 0 saturated heterocycles. The number of hydrogen-bond donors (Lipinski definition) is 3. The molecule has 0 aliphatic heterocycles. The highest BCUT2D eigenvalue weighted by molar-refractivity contribution is 5.67. The molecule has 0 bridgehead atoms. The lowest BCUT2D eigenvalue weighted by atomic mass is 10.2. The molecule has 0 aliphatic rings. The molecule has 0 spiro atoms. The van der Waals surface area contributed by atoms with Crippen molar-refractivity contribution in [2.75, 3.05) is 19.6 Å². The first-order chi connectivity index (χ1) is 8.89. The minimum Gasteiger partial charge on any atom is -0.444 e. The molecule has 112 valence electrons. The Kier molecular flexibility index (Phi) is 9.26. The first-order valence-electron chi connectivity index (χ1n) is 6.90. The predicted molar refractivity (Wildman–Crippen MR) is 79.1 cm³/mol. The van der Waals surface area contributed by atoms with Crippen LogP contribution in [0.3, 0.4) is 0 Å². The van der Waals surface area contributed by atoms with Gasteiger partial charge in [-0.3, -0.25) is 0 Å². The van der Waals surface area contributed by atoms with E-state index < -0.39 is 5.60 Å². The number of alkyl carbamates (subject to hydrolysis) is 1. The van der Waals surface area contributed by atoms with Crippen molar-refractivity contribution in [2.45, 2.75) is 52.2 Å². The van der Waals surface area contributed by atoms with E-state index >= 15 is 0 Å². The molecule has 5 nitrogen and oxygen atoms in total. The minimum absolute atomic E-state index is 0.222. The summed E-state index contributed by atoms with van der Waals surface area (Å²) in [5.41, 5.74) is 5.23. The van der Waals surface area contributed by atoms with E-state index in [1.165, 1.54) is 0 Å². The van der Waals surface area contributed by atoms with Crippen molar-refractivity contribution < 1.29 is 9.53 Å². The van der Waals surface area contributed by atoms with Crippen LogP contribution in [0.15, 0.2) is 12.2 Å². The van der Waals surface area contributed by atoms with E-state index in [2.05, 4.69) is 16.7 Å². The zero-order valence-electron chi connectivity index (χ0n) is 12.7. The van der Waals surface area contributed by atoms with Gasteiger partial charge in [0.2, 0.25) is 0 Å². The van der Waals surface area contributed by atoms with E-state index in [0.29, 0.717) is 13.1 Å². The molecular formula is C14H29N3O2. The van der Waals surface area contributed by atoms with E-state index in [4.69, 9.17) is 10.5 Å². The van der Waals surface area contributed by atoms with Gasteiger partial charge in [-0.15, -0.1) is 0 Å². The largest absolute Gasteiger partial charge is 0.444 e. The number of amides is 1. The third-order valence-electron chi connectivity index (χ3n) is 2.43. The van der Waals surface area contributed by atoms with Crippen LogP contribution in [0, 0.1) is 0 Å². The molecular weight excluding hydrogens is 242 g/mol. The van der Waals surface area contributed by atoms with Crippen LogP contribution < -0.4 is 16.4 Å². The fraction of sp³-hybridized carbons (Fsp3) is 0.786. The Morgan fingerprint density at radius 1 is 1.37 bits per heavy atom. The molecule has 0 aromatic heterocycles. The number of nitrogens with two attached hydrogens (primary N) is 1. The summed E-state index contributed by atoms with van der Waals surface area (Å²) >= 11 is 0. The van der Waals surface area contributed by atoms with Gasteiger partial charge in [0.25, 0.3) is 0 Å². The number of rotatable bonds is 8. The molecule has 4 N–H and O–H groups in total. The predicted octanol–water partition coefficient (Wildman–Crippen LogP) is 1.78. The molecule has 0 heterocycles. The Morgan fingerprint density at radius 2 is 2.05 bits per heavy atom. The summed E-state index contributed by atoms with van der Waals surface area (Å²) in [6.07, 6.45) is 5.55. The monoisotopic (exact) mass is 271 g/mol. The Bertz CT molecular complexity index is 272. The fourth-order valence-electron chi connectivity index (χ4n) is 1.50. The summed E-state index contributed by atoms with van der Waals surface area (Å²) in [5.74, 6) is 0.